The Hall–Kier alpha value is -3.63. The minimum atomic E-state index is -0.440. The summed E-state index contributed by atoms with van der Waals surface area (Å²) in [6, 6.07) is 3.50. The summed E-state index contributed by atoms with van der Waals surface area (Å²) in [5.41, 5.74) is 1.63. The fourth-order valence-electron chi connectivity index (χ4n) is 3.13. The summed E-state index contributed by atoms with van der Waals surface area (Å²) in [6.07, 6.45) is 3.86. The fourth-order valence-corrected chi connectivity index (χ4v) is 3.13. The molecule has 1 amide bonds. The number of aromatic nitrogens is 7. The van der Waals surface area contributed by atoms with E-state index in [4.69, 9.17) is 4.74 Å². The molecule has 0 bridgehead atoms. The van der Waals surface area contributed by atoms with Crippen molar-refractivity contribution in [1.82, 2.24) is 34.7 Å². The number of imidazole rings is 1. The summed E-state index contributed by atoms with van der Waals surface area (Å²) in [6.45, 7) is 7.92. The third kappa shape index (κ3) is 3.91. The van der Waals surface area contributed by atoms with Gasteiger partial charge < -0.3 is 10.1 Å². The molecule has 0 unspecified atom stereocenters. The number of hydrogen-bond donors (Lipinski definition) is 1. The summed E-state index contributed by atoms with van der Waals surface area (Å²) in [5.74, 6) is 1.84. The highest BCUT2D eigenvalue weighted by Crippen LogP contribution is 2.23. The van der Waals surface area contributed by atoms with Crippen LogP contribution >= 0.6 is 0 Å². The number of carbonyl (C=O) groups excluding carboxylic acids is 1. The van der Waals surface area contributed by atoms with Gasteiger partial charge in [0.05, 0.1) is 23.5 Å². The molecule has 1 N–H and O–H groups in total. The van der Waals surface area contributed by atoms with Crippen molar-refractivity contribution in [3.8, 4) is 5.82 Å². The van der Waals surface area contributed by atoms with Crippen molar-refractivity contribution >= 4 is 18.0 Å². The van der Waals surface area contributed by atoms with E-state index in [1.165, 1.54) is 4.90 Å². The second kappa shape index (κ2) is 8.01. The van der Waals surface area contributed by atoms with E-state index in [9.17, 15) is 4.79 Å². The van der Waals surface area contributed by atoms with Crippen LogP contribution < -0.4 is 10.2 Å². The van der Waals surface area contributed by atoms with Crippen LogP contribution in [0.1, 0.15) is 43.5 Å². The summed E-state index contributed by atoms with van der Waals surface area (Å²) >= 11 is 0. The Bertz CT molecular complexity index is 1050. The molecule has 0 aromatic carbocycles. The predicted molar refractivity (Wildman–Crippen MR) is 108 cm³/mol. The molecular weight excluding hydrogens is 386 g/mol. The fraction of sp³-hybridized carbons (Fsp3) is 0.421. The number of amides is 1. The zero-order valence-electron chi connectivity index (χ0n) is 17.3. The molecule has 11 heteroatoms. The number of ether oxygens (including phenoxy) is 1. The van der Waals surface area contributed by atoms with Gasteiger partial charge in [-0.3, -0.25) is 4.57 Å². The first-order chi connectivity index (χ1) is 14.4. The Kier molecular flexibility index (Phi) is 5.25. The molecule has 156 valence electrons. The van der Waals surface area contributed by atoms with E-state index >= 15 is 0 Å². The van der Waals surface area contributed by atoms with Crippen LogP contribution in [0.5, 0.6) is 0 Å². The maximum absolute atomic E-state index is 12.1. The molecule has 3 aromatic heterocycles. The van der Waals surface area contributed by atoms with Gasteiger partial charge in [-0.1, -0.05) is 6.92 Å². The molecule has 1 aliphatic heterocycles. The van der Waals surface area contributed by atoms with Gasteiger partial charge in [-0.2, -0.15) is 20.1 Å². The van der Waals surface area contributed by atoms with E-state index < -0.39 is 6.09 Å². The van der Waals surface area contributed by atoms with Crippen LogP contribution in [0.25, 0.3) is 5.82 Å². The van der Waals surface area contributed by atoms with Crippen molar-refractivity contribution in [2.45, 2.75) is 46.2 Å². The van der Waals surface area contributed by atoms with Crippen molar-refractivity contribution in [2.75, 3.05) is 16.8 Å². The Morgan fingerprint density at radius 3 is 2.80 bits per heavy atom. The molecule has 1 saturated heterocycles. The minimum absolute atomic E-state index is 0.0871. The summed E-state index contributed by atoms with van der Waals surface area (Å²) in [7, 11) is 0. The lowest BCUT2D eigenvalue weighted by Gasteiger charge is -2.19. The summed E-state index contributed by atoms with van der Waals surface area (Å²) in [4.78, 5) is 31.2. The highest BCUT2D eigenvalue weighted by molar-refractivity contribution is 5.88. The number of nitrogens with one attached hydrogen (secondary N) is 1. The van der Waals surface area contributed by atoms with Crippen LogP contribution in [0.2, 0.25) is 0 Å². The van der Waals surface area contributed by atoms with E-state index in [1.807, 2.05) is 39.1 Å². The molecule has 0 spiro atoms. The van der Waals surface area contributed by atoms with E-state index in [2.05, 4.69) is 35.5 Å². The summed E-state index contributed by atoms with van der Waals surface area (Å²) in [5, 5.41) is 11.5. The number of aryl methyl sites for hydroxylation is 2. The van der Waals surface area contributed by atoms with Gasteiger partial charge in [0.15, 0.2) is 5.82 Å². The zero-order valence-corrected chi connectivity index (χ0v) is 17.3. The van der Waals surface area contributed by atoms with Gasteiger partial charge in [-0.25, -0.2) is 14.7 Å². The van der Waals surface area contributed by atoms with Crippen LogP contribution in [-0.4, -0.2) is 53.4 Å². The van der Waals surface area contributed by atoms with Crippen LogP contribution in [0, 0.1) is 13.8 Å². The zero-order chi connectivity index (χ0) is 21.3. The maximum atomic E-state index is 12.1. The first kappa shape index (κ1) is 19.7. The van der Waals surface area contributed by atoms with Crippen molar-refractivity contribution < 1.29 is 9.53 Å². The quantitative estimate of drug-likeness (QED) is 0.653. The third-order valence-corrected chi connectivity index (χ3v) is 4.82. The van der Waals surface area contributed by atoms with Crippen LogP contribution in [0.4, 0.5) is 16.7 Å². The standard InChI is InChI=1S/C19H23N9O2/c1-5-14-9-30-19(29)28(14)18-23-13(4)22-17(24-18)21-12(3)15-8-27(10-20-15)16-7-6-11(2)25-26-16/h6-8,10,12,14H,5,9H2,1-4H3,(H,21,22,23,24)/t12-,14-/m0/s1. The van der Waals surface area contributed by atoms with E-state index in [1.54, 1.807) is 17.8 Å². The largest absolute Gasteiger partial charge is 0.447 e. The molecule has 0 aliphatic carbocycles. The average molecular weight is 409 g/mol. The lowest BCUT2D eigenvalue weighted by Crippen LogP contribution is -2.34. The van der Waals surface area contributed by atoms with Crippen LogP contribution in [-0.2, 0) is 4.74 Å². The maximum Gasteiger partial charge on any atom is 0.417 e. The second-order valence-electron chi connectivity index (χ2n) is 7.12. The van der Waals surface area contributed by atoms with Crippen LogP contribution in [0.15, 0.2) is 24.7 Å². The van der Waals surface area contributed by atoms with E-state index in [0.29, 0.717) is 24.2 Å². The number of carbonyl (C=O) groups is 1. The molecular formula is C19H23N9O2. The van der Waals surface area contributed by atoms with Gasteiger partial charge >= 0.3 is 6.09 Å². The van der Waals surface area contributed by atoms with Crippen molar-refractivity contribution in [2.24, 2.45) is 0 Å². The van der Waals surface area contributed by atoms with Gasteiger partial charge in [-0.05, 0) is 39.3 Å². The molecule has 0 radical (unpaired) electrons. The average Bonchev–Trinajstić information content (AvgIpc) is 3.35. The molecule has 11 nitrogen and oxygen atoms in total. The Morgan fingerprint density at radius 2 is 2.07 bits per heavy atom. The van der Waals surface area contributed by atoms with Crippen molar-refractivity contribution in [3.05, 3.63) is 41.9 Å². The van der Waals surface area contributed by atoms with E-state index in [0.717, 1.165) is 17.8 Å². The monoisotopic (exact) mass is 409 g/mol. The van der Waals surface area contributed by atoms with Crippen LogP contribution in [0.3, 0.4) is 0 Å². The molecule has 4 heterocycles. The lowest BCUT2D eigenvalue weighted by atomic mass is 10.2. The van der Waals surface area contributed by atoms with Gasteiger partial charge in [0.2, 0.25) is 11.9 Å². The molecule has 0 saturated carbocycles. The molecule has 30 heavy (non-hydrogen) atoms. The van der Waals surface area contributed by atoms with Gasteiger partial charge in [0.25, 0.3) is 0 Å². The predicted octanol–water partition coefficient (Wildman–Crippen LogP) is 2.37. The number of hydrogen-bond acceptors (Lipinski definition) is 9. The third-order valence-electron chi connectivity index (χ3n) is 4.82. The van der Waals surface area contributed by atoms with E-state index in [-0.39, 0.29) is 18.0 Å². The molecule has 1 aliphatic rings. The summed E-state index contributed by atoms with van der Waals surface area (Å²) < 4.78 is 6.95. The van der Waals surface area contributed by atoms with Crippen molar-refractivity contribution in [1.29, 1.82) is 0 Å². The molecule has 2 atom stereocenters. The molecule has 1 fully saturated rings. The topological polar surface area (TPSA) is 124 Å². The number of rotatable bonds is 6. The smallest absolute Gasteiger partial charge is 0.417 e. The Labute approximate surface area is 173 Å². The minimum Gasteiger partial charge on any atom is -0.447 e. The normalized spacial score (nSPS) is 17.1. The Balaban J connectivity index is 1.54. The van der Waals surface area contributed by atoms with Gasteiger partial charge in [0, 0.05) is 6.20 Å². The lowest BCUT2D eigenvalue weighted by molar-refractivity contribution is 0.178. The number of nitrogens with zero attached hydrogens (tertiary/aromatic N) is 8. The number of cyclic esters (lactones) is 1. The first-order valence-corrected chi connectivity index (χ1v) is 9.74. The second-order valence-corrected chi connectivity index (χ2v) is 7.12. The van der Waals surface area contributed by atoms with Crippen molar-refractivity contribution in [3.63, 3.8) is 0 Å². The van der Waals surface area contributed by atoms with Gasteiger partial charge in [-0.15, -0.1) is 5.10 Å². The SMILES string of the molecule is CC[C@H]1COC(=O)N1c1nc(C)nc(N[C@@H](C)c2cn(-c3ccc(C)nn3)cn2)n1. The Morgan fingerprint density at radius 1 is 1.23 bits per heavy atom. The highest BCUT2D eigenvalue weighted by Gasteiger charge is 2.35. The number of anilines is 2. The highest BCUT2D eigenvalue weighted by atomic mass is 16.6. The first-order valence-electron chi connectivity index (χ1n) is 9.74. The molecule has 3 aromatic rings. The van der Waals surface area contributed by atoms with Gasteiger partial charge in [0.1, 0.15) is 18.8 Å². The molecule has 4 rings (SSSR count).